The molecule has 1 aromatic heterocycles. The van der Waals surface area contributed by atoms with Gasteiger partial charge >= 0.3 is 0 Å². The molecular weight excluding hydrogens is 226 g/mol. The lowest BCUT2D eigenvalue weighted by Crippen LogP contribution is -2.12. The number of nitrogens with two attached hydrogens (primary N) is 1. The van der Waals surface area contributed by atoms with Gasteiger partial charge in [-0.15, -0.1) is 0 Å². The maximum absolute atomic E-state index is 11.7. The zero-order valence-corrected chi connectivity index (χ0v) is 11.1. The fraction of sp³-hybridized carbons (Fsp3) is 0.357. The molecule has 4 nitrogen and oxygen atoms in total. The lowest BCUT2D eigenvalue weighted by Gasteiger charge is -2.11. The summed E-state index contributed by atoms with van der Waals surface area (Å²) in [5.74, 6) is 0. The summed E-state index contributed by atoms with van der Waals surface area (Å²) in [5.41, 5.74) is 11.9. The van der Waals surface area contributed by atoms with E-state index in [1.54, 1.807) is 0 Å². The lowest BCUT2D eigenvalue weighted by atomic mass is 9.95. The van der Waals surface area contributed by atoms with Crippen molar-refractivity contribution in [2.45, 2.75) is 27.2 Å². The van der Waals surface area contributed by atoms with Crippen molar-refractivity contribution in [2.24, 2.45) is 5.73 Å². The Balaban J connectivity index is 2.63. The number of rotatable bonds is 3. The normalized spacial score (nSPS) is 10.9. The number of aromatic amines is 2. The summed E-state index contributed by atoms with van der Waals surface area (Å²) in [4.78, 5) is 11.7. The van der Waals surface area contributed by atoms with Gasteiger partial charge in [0.15, 0.2) is 0 Å². The Labute approximate surface area is 106 Å². The highest BCUT2D eigenvalue weighted by Crippen LogP contribution is 2.27. The second-order valence-corrected chi connectivity index (χ2v) is 4.65. The Hall–Kier alpha value is -1.81. The molecule has 4 heteroatoms. The van der Waals surface area contributed by atoms with Crippen molar-refractivity contribution < 1.29 is 0 Å². The molecular formula is C14H19N3O. The van der Waals surface area contributed by atoms with Crippen LogP contribution in [0.25, 0.3) is 11.3 Å². The van der Waals surface area contributed by atoms with E-state index in [1.807, 2.05) is 0 Å². The summed E-state index contributed by atoms with van der Waals surface area (Å²) in [6.07, 6.45) is 0.584. The van der Waals surface area contributed by atoms with Gasteiger partial charge in [-0.25, -0.2) is 0 Å². The number of hydrogen-bond donors (Lipinski definition) is 3. The Morgan fingerprint density at radius 1 is 1.11 bits per heavy atom. The summed E-state index contributed by atoms with van der Waals surface area (Å²) in [7, 11) is 0. The smallest absolute Gasteiger partial charge is 0.267 e. The topological polar surface area (TPSA) is 74.7 Å². The number of benzene rings is 1. The molecule has 1 aromatic carbocycles. The largest absolute Gasteiger partial charge is 0.330 e. The first kappa shape index (κ1) is 12.6. The van der Waals surface area contributed by atoms with Gasteiger partial charge < -0.3 is 5.73 Å². The average Bonchev–Trinajstić information content (AvgIpc) is 2.70. The quantitative estimate of drug-likeness (QED) is 0.771. The maximum atomic E-state index is 11.7. The van der Waals surface area contributed by atoms with Crippen LogP contribution < -0.4 is 11.3 Å². The van der Waals surface area contributed by atoms with Gasteiger partial charge in [0.05, 0.1) is 5.69 Å². The standard InChI is InChI=1S/C14H19N3O/c1-8-4-5-11(10(3)9(8)2)13-12(6-7-15)14(18)17-16-13/h4-5H,6-7,15H2,1-3H3,(H2,16,17,18). The van der Waals surface area contributed by atoms with Crippen LogP contribution in [0, 0.1) is 20.8 Å². The van der Waals surface area contributed by atoms with E-state index in [0.717, 1.165) is 16.8 Å². The van der Waals surface area contributed by atoms with Crippen LogP contribution in [0.15, 0.2) is 16.9 Å². The van der Waals surface area contributed by atoms with Crippen molar-refractivity contribution in [3.05, 3.63) is 44.7 Å². The molecule has 0 fully saturated rings. The third-order valence-corrected chi connectivity index (χ3v) is 3.60. The van der Waals surface area contributed by atoms with Crippen molar-refractivity contribution in [2.75, 3.05) is 6.54 Å². The van der Waals surface area contributed by atoms with E-state index in [4.69, 9.17) is 5.73 Å². The van der Waals surface area contributed by atoms with Crippen LogP contribution in [0.4, 0.5) is 0 Å². The monoisotopic (exact) mass is 245 g/mol. The van der Waals surface area contributed by atoms with E-state index in [2.05, 4.69) is 43.1 Å². The first-order valence-corrected chi connectivity index (χ1v) is 6.13. The molecule has 1 heterocycles. The third kappa shape index (κ3) is 1.99. The van der Waals surface area contributed by atoms with E-state index in [-0.39, 0.29) is 5.56 Å². The van der Waals surface area contributed by atoms with Crippen molar-refractivity contribution in [3.63, 3.8) is 0 Å². The molecule has 0 radical (unpaired) electrons. The number of nitrogens with one attached hydrogen (secondary N) is 2. The molecule has 96 valence electrons. The second kappa shape index (κ2) is 4.82. The molecule has 0 aliphatic carbocycles. The molecule has 0 spiro atoms. The zero-order chi connectivity index (χ0) is 13.3. The van der Waals surface area contributed by atoms with Crippen molar-refractivity contribution in [1.29, 1.82) is 0 Å². The molecule has 0 amide bonds. The Morgan fingerprint density at radius 3 is 2.50 bits per heavy atom. The van der Waals surface area contributed by atoms with E-state index in [0.29, 0.717) is 13.0 Å². The highest BCUT2D eigenvalue weighted by atomic mass is 16.1. The minimum Gasteiger partial charge on any atom is -0.330 e. The van der Waals surface area contributed by atoms with Crippen molar-refractivity contribution in [3.8, 4) is 11.3 Å². The molecule has 0 aliphatic rings. The third-order valence-electron chi connectivity index (χ3n) is 3.60. The predicted molar refractivity (Wildman–Crippen MR) is 73.8 cm³/mol. The van der Waals surface area contributed by atoms with Crippen LogP contribution in [-0.2, 0) is 6.42 Å². The molecule has 0 atom stereocenters. The van der Waals surface area contributed by atoms with Gasteiger partial charge in [-0.3, -0.25) is 15.0 Å². The van der Waals surface area contributed by atoms with Crippen LogP contribution >= 0.6 is 0 Å². The summed E-state index contributed by atoms with van der Waals surface area (Å²) in [6, 6.07) is 4.13. The van der Waals surface area contributed by atoms with Crippen LogP contribution in [0.5, 0.6) is 0 Å². The van der Waals surface area contributed by atoms with Crippen molar-refractivity contribution in [1.82, 2.24) is 10.2 Å². The first-order valence-electron chi connectivity index (χ1n) is 6.13. The fourth-order valence-corrected chi connectivity index (χ4v) is 2.22. The number of aromatic nitrogens is 2. The van der Waals surface area contributed by atoms with Crippen LogP contribution in [0.2, 0.25) is 0 Å². The van der Waals surface area contributed by atoms with Gasteiger partial charge in [0.2, 0.25) is 0 Å². The lowest BCUT2D eigenvalue weighted by molar-refractivity contribution is 0.960. The second-order valence-electron chi connectivity index (χ2n) is 4.65. The van der Waals surface area contributed by atoms with Gasteiger partial charge in [-0.05, 0) is 50.4 Å². The maximum Gasteiger partial charge on any atom is 0.267 e. The van der Waals surface area contributed by atoms with Gasteiger partial charge in [-0.1, -0.05) is 12.1 Å². The molecule has 2 rings (SSSR count). The van der Waals surface area contributed by atoms with E-state index >= 15 is 0 Å². The Morgan fingerprint density at radius 2 is 1.83 bits per heavy atom. The number of H-pyrrole nitrogens is 2. The SMILES string of the molecule is Cc1ccc(-c2[nH][nH]c(=O)c2CCN)c(C)c1C. The number of aryl methyl sites for hydroxylation is 1. The molecule has 0 aliphatic heterocycles. The zero-order valence-electron chi connectivity index (χ0n) is 11.1. The van der Waals surface area contributed by atoms with Crippen LogP contribution in [-0.4, -0.2) is 16.7 Å². The first-order chi connectivity index (χ1) is 8.56. The average molecular weight is 245 g/mol. The fourth-order valence-electron chi connectivity index (χ4n) is 2.22. The van der Waals surface area contributed by atoms with Gasteiger partial charge in [0.25, 0.3) is 5.56 Å². The molecule has 2 aromatic rings. The van der Waals surface area contributed by atoms with Gasteiger partial charge in [0.1, 0.15) is 0 Å². The molecule has 0 saturated carbocycles. The molecule has 0 saturated heterocycles. The molecule has 4 N–H and O–H groups in total. The van der Waals surface area contributed by atoms with Gasteiger partial charge in [-0.2, -0.15) is 0 Å². The summed E-state index contributed by atoms with van der Waals surface area (Å²) < 4.78 is 0. The summed E-state index contributed by atoms with van der Waals surface area (Å²) in [5, 5.41) is 5.62. The van der Waals surface area contributed by atoms with E-state index in [9.17, 15) is 4.79 Å². The minimum atomic E-state index is -0.0759. The molecule has 0 bridgehead atoms. The molecule has 18 heavy (non-hydrogen) atoms. The van der Waals surface area contributed by atoms with Crippen LogP contribution in [0.1, 0.15) is 22.3 Å². The van der Waals surface area contributed by atoms with E-state index < -0.39 is 0 Å². The predicted octanol–water partition coefficient (Wildman–Crippen LogP) is 1.80. The Kier molecular flexibility index (Phi) is 3.39. The highest BCUT2D eigenvalue weighted by Gasteiger charge is 2.14. The van der Waals surface area contributed by atoms with E-state index in [1.165, 1.54) is 16.7 Å². The summed E-state index contributed by atoms with van der Waals surface area (Å²) in [6.45, 7) is 6.74. The summed E-state index contributed by atoms with van der Waals surface area (Å²) >= 11 is 0. The number of hydrogen-bond acceptors (Lipinski definition) is 2. The Bertz CT molecular complexity index is 622. The van der Waals surface area contributed by atoms with Crippen molar-refractivity contribution >= 4 is 0 Å². The highest BCUT2D eigenvalue weighted by molar-refractivity contribution is 5.68. The molecule has 0 unspecified atom stereocenters. The minimum absolute atomic E-state index is 0.0759. The van der Waals surface area contributed by atoms with Gasteiger partial charge in [0, 0.05) is 11.1 Å². The van der Waals surface area contributed by atoms with Crippen LogP contribution in [0.3, 0.4) is 0 Å².